The van der Waals surface area contributed by atoms with Crippen molar-refractivity contribution in [2.45, 2.75) is 11.8 Å². The van der Waals surface area contributed by atoms with Gasteiger partial charge in [-0.25, -0.2) is 4.74 Å². The fourth-order valence-corrected chi connectivity index (χ4v) is 8.52. The second-order valence-corrected chi connectivity index (χ2v) is 13.4. The summed E-state index contributed by atoms with van der Waals surface area (Å²) in [4.78, 5) is 0.0699. The molecule has 5 aromatic rings. The molecule has 0 aliphatic rings. The van der Waals surface area contributed by atoms with Crippen molar-refractivity contribution in [2.75, 3.05) is 0 Å². The maximum Gasteiger partial charge on any atom is 0.332 e. The van der Waals surface area contributed by atoms with Gasteiger partial charge in [0.2, 0.25) is 0 Å². The predicted molar refractivity (Wildman–Crippen MR) is 160 cm³/mol. The van der Waals surface area contributed by atoms with E-state index in [1.54, 1.807) is 36.4 Å². The average Bonchev–Trinajstić information content (AvgIpc) is 2.98. The van der Waals surface area contributed by atoms with E-state index in [-0.39, 0.29) is 10.9 Å². The van der Waals surface area contributed by atoms with Crippen LogP contribution in [0.2, 0.25) is 0 Å². The third-order valence-electron chi connectivity index (χ3n) is 6.09. The van der Waals surface area contributed by atoms with Crippen LogP contribution in [0.4, 0.5) is 0 Å². The molecule has 0 radical (unpaired) electrons. The second kappa shape index (κ2) is 11.6. The summed E-state index contributed by atoms with van der Waals surface area (Å²) in [6, 6.07) is 45.1. The van der Waals surface area contributed by atoms with E-state index in [9.17, 15) is 8.42 Å². The largest absolute Gasteiger partial charge is 0.424 e. The Morgan fingerprint density at radius 2 is 1.00 bits per heavy atom. The molecule has 194 valence electrons. The summed E-state index contributed by atoms with van der Waals surface area (Å²) < 4.78 is 42.6. The van der Waals surface area contributed by atoms with Crippen LogP contribution < -0.4 is 20.7 Å². The first-order valence-corrected chi connectivity index (χ1v) is 15.6. The lowest BCUT2D eigenvalue weighted by Gasteiger charge is -2.26. The Kier molecular flexibility index (Phi) is 7.87. The predicted octanol–water partition coefficient (Wildman–Crippen LogP) is 6.30. The zero-order chi connectivity index (χ0) is 27.1. The van der Waals surface area contributed by atoms with Gasteiger partial charge < -0.3 is 4.74 Å². The van der Waals surface area contributed by atoms with Gasteiger partial charge in [0.25, 0.3) is 10.0 Å². The lowest BCUT2D eigenvalue weighted by Crippen LogP contribution is -2.27. The summed E-state index contributed by atoms with van der Waals surface area (Å²) in [6.07, 6.45) is 0. The molecule has 0 bridgehead atoms. The molecular weight excluding hydrogens is 523 g/mol. The summed E-state index contributed by atoms with van der Waals surface area (Å²) >= 11 is 0. The quantitative estimate of drug-likeness (QED) is 0.142. The van der Waals surface area contributed by atoms with Crippen LogP contribution in [-0.4, -0.2) is 14.4 Å². The van der Waals surface area contributed by atoms with E-state index in [0.29, 0.717) is 5.75 Å². The molecule has 0 aromatic heterocycles. The van der Waals surface area contributed by atoms with Crippen LogP contribution in [0.1, 0.15) is 5.56 Å². The minimum atomic E-state index is -4.13. The summed E-state index contributed by atoms with van der Waals surface area (Å²) in [5, 5.41) is 2.83. The van der Waals surface area contributed by atoms with Crippen molar-refractivity contribution in [3.05, 3.63) is 151 Å². The van der Waals surface area contributed by atoms with Gasteiger partial charge in [0.15, 0.2) is 0 Å². The molecule has 5 aromatic carbocycles. The molecule has 0 fully saturated rings. The Balaban J connectivity index is 1.84. The normalized spacial score (nSPS) is 12.1. The molecule has 0 saturated heterocycles. The lowest BCUT2D eigenvalue weighted by molar-refractivity contribution is 0.542. The van der Waals surface area contributed by atoms with Gasteiger partial charge in [-0.3, -0.25) is 0 Å². The van der Waals surface area contributed by atoms with E-state index in [0.717, 1.165) is 21.5 Å². The van der Waals surface area contributed by atoms with E-state index < -0.39 is 17.1 Å². The topological polar surface area (TPSA) is 68.1 Å². The van der Waals surface area contributed by atoms with E-state index in [4.69, 9.17) is 9.48 Å². The number of ether oxygens (including phenoxy) is 1. The molecule has 0 saturated carbocycles. The number of amidine groups is 1. The van der Waals surface area contributed by atoms with Gasteiger partial charge >= 0.3 is 6.02 Å². The smallest absolute Gasteiger partial charge is 0.332 e. The summed E-state index contributed by atoms with van der Waals surface area (Å²) in [7, 11) is -6.96. The van der Waals surface area contributed by atoms with Crippen LogP contribution in [0.5, 0.6) is 5.75 Å². The van der Waals surface area contributed by atoms with Gasteiger partial charge in [0, 0.05) is 15.9 Å². The zero-order valence-electron chi connectivity index (χ0n) is 21.3. The van der Waals surface area contributed by atoms with Crippen molar-refractivity contribution in [3.63, 3.8) is 0 Å². The summed E-state index contributed by atoms with van der Waals surface area (Å²) in [6.45, 7) is 1.90. The minimum absolute atomic E-state index is 0.0699. The van der Waals surface area contributed by atoms with E-state index >= 15 is 0 Å². The van der Waals surface area contributed by atoms with Crippen molar-refractivity contribution in [2.24, 2.45) is 9.14 Å². The standard InChI is InChI=1S/C32H27N2O3PS/c1-26-22-24-31(25-23-26)39(35,36)34-32(37-27-14-6-2-7-15-27)33-38(28-16-8-3-9-17-28,29-18-10-4-11-19-29)30-20-12-5-13-21-30/h2-25H,1H3/b34-32-. The van der Waals surface area contributed by atoms with Crippen molar-refractivity contribution in [3.8, 4) is 5.75 Å². The summed E-state index contributed by atoms with van der Waals surface area (Å²) in [5.74, 6) is 0.436. The lowest BCUT2D eigenvalue weighted by atomic mass is 10.2. The Morgan fingerprint density at radius 1 is 0.590 bits per heavy atom. The molecule has 0 N–H and O–H groups in total. The van der Waals surface area contributed by atoms with E-state index in [1.807, 2.05) is 116 Å². The number of benzene rings is 5. The van der Waals surface area contributed by atoms with Crippen molar-refractivity contribution in [1.82, 2.24) is 0 Å². The Labute approximate surface area is 229 Å². The molecule has 7 heteroatoms. The highest BCUT2D eigenvalue weighted by atomic mass is 32.2. The minimum Gasteiger partial charge on any atom is -0.424 e. The van der Waals surface area contributed by atoms with Gasteiger partial charge in [0.1, 0.15) is 5.75 Å². The maximum atomic E-state index is 13.5. The van der Waals surface area contributed by atoms with Crippen LogP contribution in [0.25, 0.3) is 0 Å². The monoisotopic (exact) mass is 550 g/mol. The summed E-state index contributed by atoms with van der Waals surface area (Å²) in [5.41, 5.74) is 0.950. The zero-order valence-corrected chi connectivity index (χ0v) is 23.0. The van der Waals surface area contributed by atoms with Crippen LogP contribution in [0, 0.1) is 6.92 Å². The molecular formula is C32H27N2O3PS. The van der Waals surface area contributed by atoms with Crippen LogP contribution in [-0.2, 0) is 10.0 Å². The maximum absolute atomic E-state index is 13.5. The first-order valence-electron chi connectivity index (χ1n) is 12.4. The van der Waals surface area contributed by atoms with E-state index in [1.165, 1.54) is 0 Å². The molecule has 0 heterocycles. The number of nitrogens with zero attached hydrogens (tertiary/aromatic N) is 2. The molecule has 0 amide bonds. The molecule has 39 heavy (non-hydrogen) atoms. The Bertz CT molecular complexity index is 1620. The van der Waals surface area contributed by atoms with Crippen molar-refractivity contribution >= 4 is 39.0 Å². The first-order chi connectivity index (χ1) is 19.0. The SMILES string of the molecule is Cc1ccc(S(=O)(=O)/N=C(/N=P(c2ccccc2)(c2ccccc2)c2ccccc2)Oc2ccccc2)cc1. The van der Waals surface area contributed by atoms with E-state index in [2.05, 4.69) is 4.40 Å². The number of para-hydroxylation sites is 1. The Hall–Kier alpha value is -4.25. The number of sulfonamides is 1. The average molecular weight is 551 g/mol. The van der Waals surface area contributed by atoms with Crippen LogP contribution >= 0.6 is 7.05 Å². The van der Waals surface area contributed by atoms with Gasteiger partial charge in [-0.1, -0.05) is 127 Å². The highest BCUT2D eigenvalue weighted by molar-refractivity contribution is 7.90. The highest BCUT2D eigenvalue weighted by Gasteiger charge is 2.29. The van der Waals surface area contributed by atoms with Crippen molar-refractivity contribution < 1.29 is 13.2 Å². The fraction of sp³-hybridized carbons (Fsp3) is 0.0312. The number of hydrogen-bond acceptors (Lipinski definition) is 3. The number of rotatable bonds is 6. The molecule has 0 unspecified atom stereocenters. The molecule has 5 nitrogen and oxygen atoms in total. The molecule has 5 rings (SSSR count). The molecule has 0 spiro atoms. The van der Waals surface area contributed by atoms with Crippen LogP contribution in [0.3, 0.4) is 0 Å². The Morgan fingerprint density at radius 3 is 1.44 bits per heavy atom. The van der Waals surface area contributed by atoms with Gasteiger partial charge in [0.05, 0.1) is 11.9 Å². The third kappa shape index (κ3) is 5.93. The van der Waals surface area contributed by atoms with Gasteiger partial charge in [-0.05, 0) is 31.2 Å². The molecule has 0 atom stereocenters. The fourth-order valence-electron chi connectivity index (χ4n) is 4.20. The molecule has 0 aliphatic heterocycles. The highest BCUT2D eigenvalue weighted by Crippen LogP contribution is 2.46. The number of aryl methyl sites for hydroxylation is 1. The van der Waals surface area contributed by atoms with Gasteiger partial charge in [-0.15, -0.1) is 4.40 Å². The first kappa shape index (κ1) is 26.4. The molecule has 0 aliphatic carbocycles. The van der Waals surface area contributed by atoms with Gasteiger partial charge in [-0.2, -0.15) is 8.42 Å². The third-order valence-corrected chi connectivity index (χ3v) is 11.0. The second-order valence-electron chi connectivity index (χ2n) is 8.82. The number of hydrogen-bond donors (Lipinski definition) is 0. The van der Waals surface area contributed by atoms with Crippen LogP contribution in [0.15, 0.2) is 160 Å². The van der Waals surface area contributed by atoms with Crippen molar-refractivity contribution in [1.29, 1.82) is 0 Å².